The first-order chi connectivity index (χ1) is 8.66. The molecule has 4 nitrogen and oxygen atoms in total. The minimum atomic E-state index is -0.305. The van der Waals surface area contributed by atoms with Gasteiger partial charge in [-0.3, -0.25) is 4.79 Å². The lowest BCUT2D eigenvalue weighted by Crippen LogP contribution is -2.17. The Labute approximate surface area is 109 Å². The number of carbonyl (C=O) groups is 1. The SMILES string of the molecule is Cc1ccsc1/C=N/NC(=O)c1ccc(O)cc1. The number of aryl methyl sites for hydroxylation is 1. The van der Waals surface area contributed by atoms with Crippen LogP contribution in [0.4, 0.5) is 0 Å². The van der Waals surface area contributed by atoms with Crippen molar-refractivity contribution in [1.82, 2.24) is 5.43 Å². The fraction of sp³-hybridized carbons (Fsp3) is 0.0769. The summed E-state index contributed by atoms with van der Waals surface area (Å²) in [7, 11) is 0. The predicted molar refractivity (Wildman–Crippen MR) is 72.2 cm³/mol. The molecule has 0 bridgehead atoms. The van der Waals surface area contributed by atoms with Gasteiger partial charge in [0.05, 0.1) is 6.21 Å². The second-order valence-electron chi connectivity index (χ2n) is 3.71. The largest absolute Gasteiger partial charge is 0.508 e. The lowest BCUT2D eigenvalue weighted by atomic mass is 10.2. The maximum absolute atomic E-state index is 11.7. The third-order valence-electron chi connectivity index (χ3n) is 2.38. The Morgan fingerprint density at radius 2 is 2.06 bits per heavy atom. The monoisotopic (exact) mass is 260 g/mol. The minimum Gasteiger partial charge on any atom is -0.508 e. The summed E-state index contributed by atoms with van der Waals surface area (Å²) in [6, 6.07) is 7.99. The van der Waals surface area contributed by atoms with Crippen LogP contribution in [0.25, 0.3) is 0 Å². The molecule has 0 radical (unpaired) electrons. The Morgan fingerprint density at radius 3 is 2.67 bits per heavy atom. The zero-order valence-electron chi connectivity index (χ0n) is 9.75. The number of nitrogens with one attached hydrogen (secondary N) is 1. The van der Waals surface area contributed by atoms with Gasteiger partial charge in [0.15, 0.2) is 0 Å². The van der Waals surface area contributed by atoms with Gasteiger partial charge in [0.2, 0.25) is 0 Å². The quantitative estimate of drug-likeness (QED) is 0.658. The summed E-state index contributed by atoms with van der Waals surface area (Å²) in [5, 5.41) is 15.0. The maximum atomic E-state index is 11.7. The van der Waals surface area contributed by atoms with Gasteiger partial charge in [-0.05, 0) is 48.2 Å². The van der Waals surface area contributed by atoms with Crippen LogP contribution in [0.2, 0.25) is 0 Å². The highest BCUT2D eigenvalue weighted by Gasteiger charge is 2.03. The van der Waals surface area contributed by atoms with Gasteiger partial charge in [-0.15, -0.1) is 11.3 Å². The molecule has 0 spiro atoms. The van der Waals surface area contributed by atoms with Crippen LogP contribution in [0.15, 0.2) is 40.8 Å². The number of hydrogen-bond acceptors (Lipinski definition) is 4. The third kappa shape index (κ3) is 2.95. The van der Waals surface area contributed by atoms with Crippen molar-refractivity contribution in [1.29, 1.82) is 0 Å². The summed E-state index contributed by atoms with van der Waals surface area (Å²) < 4.78 is 0. The normalized spacial score (nSPS) is 10.7. The number of nitrogens with zero attached hydrogens (tertiary/aromatic N) is 1. The van der Waals surface area contributed by atoms with Crippen LogP contribution in [-0.4, -0.2) is 17.2 Å². The molecule has 2 aromatic rings. The lowest BCUT2D eigenvalue weighted by Gasteiger charge is -1.99. The molecule has 18 heavy (non-hydrogen) atoms. The standard InChI is InChI=1S/C13H12N2O2S/c1-9-6-7-18-12(9)8-14-15-13(17)10-2-4-11(16)5-3-10/h2-8,16H,1H3,(H,15,17)/b14-8+. The number of carbonyl (C=O) groups excluding carboxylic acids is 1. The van der Waals surface area contributed by atoms with Crippen molar-refractivity contribution >= 4 is 23.5 Å². The van der Waals surface area contributed by atoms with Crippen molar-refractivity contribution in [3.05, 3.63) is 51.7 Å². The molecule has 1 heterocycles. The van der Waals surface area contributed by atoms with E-state index in [0.717, 1.165) is 10.4 Å². The summed E-state index contributed by atoms with van der Waals surface area (Å²) in [6.45, 7) is 1.99. The van der Waals surface area contributed by atoms with Crippen LogP contribution in [-0.2, 0) is 0 Å². The van der Waals surface area contributed by atoms with Gasteiger partial charge in [-0.2, -0.15) is 5.10 Å². The van der Waals surface area contributed by atoms with Gasteiger partial charge in [-0.25, -0.2) is 5.43 Å². The van der Waals surface area contributed by atoms with Gasteiger partial charge in [0.1, 0.15) is 5.75 Å². The molecule has 0 unspecified atom stereocenters. The summed E-state index contributed by atoms with van der Waals surface area (Å²) in [6.07, 6.45) is 1.62. The number of aromatic hydroxyl groups is 1. The van der Waals surface area contributed by atoms with Crippen LogP contribution < -0.4 is 5.43 Å². The second-order valence-corrected chi connectivity index (χ2v) is 4.66. The lowest BCUT2D eigenvalue weighted by molar-refractivity contribution is 0.0955. The van der Waals surface area contributed by atoms with E-state index in [9.17, 15) is 4.79 Å². The van der Waals surface area contributed by atoms with Gasteiger partial charge < -0.3 is 5.11 Å². The van der Waals surface area contributed by atoms with E-state index < -0.39 is 0 Å². The predicted octanol–water partition coefficient (Wildman–Crippen LogP) is 2.53. The van der Waals surface area contributed by atoms with E-state index in [-0.39, 0.29) is 11.7 Å². The Hall–Kier alpha value is -2.14. The molecule has 0 fully saturated rings. The van der Waals surface area contributed by atoms with Gasteiger partial charge in [0, 0.05) is 10.4 Å². The highest BCUT2D eigenvalue weighted by Crippen LogP contribution is 2.12. The minimum absolute atomic E-state index is 0.129. The van der Waals surface area contributed by atoms with E-state index in [2.05, 4.69) is 10.5 Å². The first kappa shape index (κ1) is 12.3. The number of amides is 1. The maximum Gasteiger partial charge on any atom is 0.271 e. The molecule has 92 valence electrons. The van der Waals surface area contributed by atoms with E-state index in [0.29, 0.717) is 5.56 Å². The fourth-order valence-electron chi connectivity index (χ4n) is 1.34. The van der Waals surface area contributed by atoms with Crippen molar-refractivity contribution in [3.8, 4) is 5.75 Å². The van der Waals surface area contributed by atoms with E-state index in [4.69, 9.17) is 5.11 Å². The van der Waals surface area contributed by atoms with Crippen molar-refractivity contribution < 1.29 is 9.90 Å². The Kier molecular flexibility index (Phi) is 3.74. The van der Waals surface area contributed by atoms with Crippen molar-refractivity contribution in [2.45, 2.75) is 6.92 Å². The number of rotatable bonds is 3. The van der Waals surface area contributed by atoms with Crippen molar-refractivity contribution in [2.24, 2.45) is 5.10 Å². The molecule has 0 aliphatic rings. The number of thiophene rings is 1. The molecular formula is C13H12N2O2S. The number of benzene rings is 1. The Morgan fingerprint density at radius 1 is 1.33 bits per heavy atom. The van der Waals surface area contributed by atoms with Gasteiger partial charge in [-0.1, -0.05) is 0 Å². The van der Waals surface area contributed by atoms with Crippen LogP contribution >= 0.6 is 11.3 Å². The molecule has 0 atom stereocenters. The molecule has 0 aliphatic heterocycles. The second kappa shape index (κ2) is 5.46. The van der Waals surface area contributed by atoms with E-state index in [1.54, 1.807) is 17.6 Å². The molecule has 2 rings (SSSR count). The smallest absolute Gasteiger partial charge is 0.271 e. The van der Waals surface area contributed by atoms with Crippen LogP contribution in [0.3, 0.4) is 0 Å². The number of hydrogen-bond donors (Lipinski definition) is 2. The molecule has 1 aromatic carbocycles. The zero-order valence-corrected chi connectivity index (χ0v) is 10.6. The molecule has 0 aliphatic carbocycles. The van der Waals surface area contributed by atoms with E-state index in [1.165, 1.54) is 24.3 Å². The Bertz CT molecular complexity index is 573. The van der Waals surface area contributed by atoms with Crippen LogP contribution in [0, 0.1) is 6.92 Å². The van der Waals surface area contributed by atoms with E-state index >= 15 is 0 Å². The van der Waals surface area contributed by atoms with Crippen LogP contribution in [0.1, 0.15) is 20.8 Å². The molecule has 0 saturated carbocycles. The van der Waals surface area contributed by atoms with Crippen LogP contribution in [0.5, 0.6) is 5.75 Å². The topological polar surface area (TPSA) is 61.7 Å². The Balaban J connectivity index is 1.98. The average Bonchev–Trinajstić information content (AvgIpc) is 2.76. The zero-order chi connectivity index (χ0) is 13.0. The van der Waals surface area contributed by atoms with Gasteiger partial charge >= 0.3 is 0 Å². The van der Waals surface area contributed by atoms with Crippen molar-refractivity contribution in [2.75, 3.05) is 0 Å². The number of phenols is 1. The summed E-state index contributed by atoms with van der Waals surface area (Å²) in [4.78, 5) is 12.7. The molecule has 1 amide bonds. The average molecular weight is 260 g/mol. The summed E-state index contributed by atoms with van der Waals surface area (Å²) >= 11 is 1.57. The first-order valence-corrected chi connectivity index (χ1v) is 6.21. The third-order valence-corrected chi connectivity index (χ3v) is 3.33. The number of phenolic OH excluding ortho intramolecular Hbond substituents is 1. The summed E-state index contributed by atoms with van der Waals surface area (Å²) in [5.74, 6) is -0.176. The molecule has 1 aromatic heterocycles. The first-order valence-electron chi connectivity index (χ1n) is 5.33. The molecule has 2 N–H and O–H groups in total. The van der Waals surface area contributed by atoms with Crippen molar-refractivity contribution in [3.63, 3.8) is 0 Å². The highest BCUT2D eigenvalue weighted by molar-refractivity contribution is 7.11. The van der Waals surface area contributed by atoms with E-state index in [1.807, 2.05) is 18.4 Å². The number of hydrazone groups is 1. The van der Waals surface area contributed by atoms with Gasteiger partial charge in [0.25, 0.3) is 5.91 Å². The fourth-order valence-corrected chi connectivity index (χ4v) is 2.13. The molecular weight excluding hydrogens is 248 g/mol. The highest BCUT2D eigenvalue weighted by atomic mass is 32.1. The molecule has 5 heteroatoms. The summed E-state index contributed by atoms with van der Waals surface area (Å²) in [5.41, 5.74) is 4.02. The molecule has 0 saturated heterocycles.